The van der Waals surface area contributed by atoms with Gasteiger partial charge in [-0.25, -0.2) is 4.98 Å². The van der Waals surface area contributed by atoms with Crippen molar-refractivity contribution in [3.05, 3.63) is 102 Å². The van der Waals surface area contributed by atoms with Gasteiger partial charge in [0.2, 0.25) is 5.91 Å². The summed E-state index contributed by atoms with van der Waals surface area (Å²) in [7, 11) is 0. The lowest BCUT2D eigenvalue weighted by Crippen LogP contribution is -2.33. The first-order valence-electron chi connectivity index (χ1n) is 11.5. The summed E-state index contributed by atoms with van der Waals surface area (Å²) in [6, 6.07) is 20.9. The average Bonchev–Trinajstić information content (AvgIpc) is 3.06. The lowest BCUT2D eigenvalue weighted by atomic mass is 9.81. The number of hydrogen-bond acceptors (Lipinski definition) is 4. The molecule has 0 saturated heterocycles. The van der Waals surface area contributed by atoms with Gasteiger partial charge in [0.15, 0.2) is 0 Å². The maximum atomic E-state index is 13.5. The Bertz CT molecular complexity index is 1440. The minimum atomic E-state index is -0.779. The molecule has 0 radical (unpaired) electrons. The Morgan fingerprint density at radius 1 is 0.943 bits per heavy atom. The molecule has 1 aliphatic rings. The van der Waals surface area contributed by atoms with Gasteiger partial charge in [0.1, 0.15) is 5.82 Å². The van der Waals surface area contributed by atoms with Crippen LogP contribution in [0.4, 0.5) is 17.2 Å². The topological polar surface area (TPSA) is 75.2 Å². The van der Waals surface area contributed by atoms with Gasteiger partial charge in [-0.2, -0.15) is 0 Å². The van der Waals surface area contributed by atoms with Gasteiger partial charge in [0, 0.05) is 23.6 Å². The Kier molecular flexibility index (Phi) is 5.44. The number of carbonyl (C=O) groups excluding carboxylic acids is 2. The van der Waals surface area contributed by atoms with Gasteiger partial charge >= 0.3 is 0 Å². The average molecular weight is 463 g/mol. The van der Waals surface area contributed by atoms with Crippen LogP contribution in [0.25, 0.3) is 11.1 Å². The van der Waals surface area contributed by atoms with Crippen LogP contribution in [0.2, 0.25) is 0 Å². The first kappa shape index (κ1) is 22.5. The van der Waals surface area contributed by atoms with E-state index in [2.05, 4.69) is 15.3 Å². The van der Waals surface area contributed by atoms with Gasteiger partial charge in [-0.3, -0.25) is 19.5 Å². The molecular weight excluding hydrogens is 436 g/mol. The molecule has 2 aromatic carbocycles. The van der Waals surface area contributed by atoms with Crippen LogP contribution < -0.4 is 10.2 Å². The molecule has 6 heteroatoms. The molecule has 174 valence electrons. The van der Waals surface area contributed by atoms with Crippen molar-refractivity contribution in [3.63, 3.8) is 0 Å². The molecule has 0 fully saturated rings. The number of carbonyl (C=O) groups is 2. The van der Waals surface area contributed by atoms with E-state index in [1.165, 1.54) is 0 Å². The van der Waals surface area contributed by atoms with Gasteiger partial charge in [0.25, 0.3) is 5.91 Å². The zero-order valence-electron chi connectivity index (χ0n) is 20.2. The molecule has 3 heterocycles. The zero-order chi connectivity index (χ0) is 24.7. The van der Waals surface area contributed by atoms with E-state index in [0.717, 1.165) is 33.6 Å². The molecule has 6 nitrogen and oxygen atoms in total. The number of benzene rings is 2. The second-order valence-corrected chi connectivity index (χ2v) is 9.33. The van der Waals surface area contributed by atoms with E-state index < -0.39 is 5.41 Å². The summed E-state index contributed by atoms with van der Waals surface area (Å²) < 4.78 is 0. The summed E-state index contributed by atoms with van der Waals surface area (Å²) in [5.74, 6) is 0.316. The molecule has 0 saturated carbocycles. The van der Waals surface area contributed by atoms with Gasteiger partial charge in [-0.15, -0.1) is 0 Å². The fraction of sp³-hybridized carbons (Fsp3) is 0.172. The Labute approximate surface area is 204 Å². The summed E-state index contributed by atoms with van der Waals surface area (Å²) in [6.07, 6.45) is 3.44. The SMILES string of the molecule is Cc1ccc(NC(=O)c2cc(-c3cccc4c3C(C)(C)C(=O)N4c3ccccn3)cnc2C)cc1. The summed E-state index contributed by atoms with van der Waals surface area (Å²) in [5, 5.41) is 2.96. The molecule has 0 spiro atoms. The number of aromatic nitrogens is 2. The zero-order valence-corrected chi connectivity index (χ0v) is 20.2. The van der Waals surface area contributed by atoms with Gasteiger partial charge in [0.05, 0.1) is 22.4 Å². The van der Waals surface area contributed by atoms with Crippen molar-refractivity contribution < 1.29 is 9.59 Å². The van der Waals surface area contributed by atoms with Crippen LogP contribution in [0.3, 0.4) is 0 Å². The lowest BCUT2D eigenvalue weighted by Gasteiger charge is -2.20. The quantitative estimate of drug-likeness (QED) is 0.405. The number of nitrogens with zero attached hydrogens (tertiary/aromatic N) is 3. The molecule has 1 aliphatic heterocycles. The molecular formula is C29H26N4O2. The minimum Gasteiger partial charge on any atom is -0.322 e. The lowest BCUT2D eigenvalue weighted by molar-refractivity contribution is -0.121. The highest BCUT2D eigenvalue weighted by Gasteiger charge is 2.46. The summed E-state index contributed by atoms with van der Waals surface area (Å²) in [5.41, 5.74) is 5.54. The van der Waals surface area contributed by atoms with E-state index in [1.807, 2.05) is 94.4 Å². The van der Waals surface area contributed by atoms with Crippen LogP contribution in [-0.2, 0) is 10.2 Å². The van der Waals surface area contributed by atoms with E-state index in [9.17, 15) is 9.59 Å². The van der Waals surface area contributed by atoms with E-state index in [-0.39, 0.29) is 11.8 Å². The van der Waals surface area contributed by atoms with Crippen LogP contribution in [0, 0.1) is 13.8 Å². The van der Waals surface area contributed by atoms with Crippen molar-refractivity contribution in [1.29, 1.82) is 0 Å². The normalized spacial score (nSPS) is 14.1. The number of aryl methyl sites for hydroxylation is 2. The molecule has 5 rings (SSSR count). The predicted molar refractivity (Wildman–Crippen MR) is 138 cm³/mol. The molecule has 2 aromatic heterocycles. The van der Waals surface area contributed by atoms with Crippen molar-refractivity contribution >= 4 is 29.0 Å². The predicted octanol–water partition coefficient (Wildman–Crippen LogP) is 5.97. The van der Waals surface area contributed by atoms with Crippen molar-refractivity contribution in [2.24, 2.45) is 0 Å². The van der Waals surface area contributed by atoms with Crippen molar-refractivity contribution in [2.45, 2.75) is 33.1 Å². The molecule has 0 bridgehead atoms. The standard InChI is InChI=1S/C29H26N4O2/c1-18-11-13-21(14-12-18)32-27(34)23-16-20(17-31-19(23)2)22-8-7-9-24-26(22)29(3,4)28(35)33(24)25-10-5-6-15-30-25/h5-17H,1-4H3,(H,32,34). The fourth-order valence-corrected chi connectivity index (χ4v) is 4.58. The third kappa shape index (κ3) is 3.87. The molecule has 4 aromatic rings. The van der Waals surface area contributed by atoms with E-state index >= 15 is 0 Å². The summed E-state index contributed by atoms with van der Waals surface area (Å²) >= 11 is 0. The molecule has 0 unspecified atom stereocenters. The molecule has 1 N–H and O–H groups in total. The Balaban J connectivity index is 1.58. The second-order valence-electron chi connectivity index (χ2n) is 9.33. The van der Waals surface area contributed by atoms with Crippen LogP contribution in [-0.4, -0.2) is 21.8 Å². The van der Waals surface area contributed by atoms with Gasteiger partial charge < -0.3 is 5.32 Å². The van der Waals surface area contributed by atoms with Crippen molar-refractivity contribution in [2.75, 3.05) is 10.2 Å². The van der Waals surface area contributed by atoms with Gasteiger partial charge in [-0.05, 0) is 75.2 Å². The molecule has 0 aliphatic carbocycles. The van der Waals surface area contributed by atoms with E-state index in [0.29, 0.717) is 17.1 Å². The Morgan fingerprint density at radius 2 is 1.71 bits per heavy atom. The van der Waals surface area contributed by atoms with Crippen LogP contribution in [0.5, 0.6) is 0 Å². The molecule has 35 heavy (non-hydrogen) atoms. The number of anilines is 3. The highest BCUT2D eigenvalue weighted by atomic mass is 16.2. The Morgan fingerprint density at radius 3 is 2.43 bits per heavy atom. The highest BCUT2D eigenvalue weighted by Crippen LogP contribution is 2.49. The number of nitrogens with one attached hydrogen (secondary N) is 1. The maximum absolute atomic E-state index is 13.5. The summed E-state index contributed by atoms with van der Waals surface area (Å²) in [6.45, 7) is 7.67. The second kappa shape index (κ2) is 8.47. The smallest absolute Gasteiger partial charge is 0.257 e. The minimum absolute atomic E-state index is 0.0453. The number of amides is 2. The van der Waals surface area contributed by atoms with Crippen LogP contribution in [0.15, 0.2) is 79.1 Å². The van der Waals surface area contributed by atoms with Crippen molar-refractivity contribution in [3.8, 4) is 11.1 Å². The number of pyridine rings is 2. The van der Waals surface area contributed by atoms with Crippen LogP contribution in [0.1, 0.15) is 41.0 Å². The van der Waals surface area contributed by atoms with E-state index in [1.54, 1.807) is 17.3 Å². The van der Waals surface area contributed by atoms with Gasteiger partial charge in [-0.1, -0.05) is 35.9 Å². The molecule has 0 atom stereocenters. The number of fused-ring (bicyclic) bond motifs is 1. The van der Waals surface area contributed by atoms with Crippen molar-refractivity contribution in [1.82, 2.24) is 9.97 Å². The highest BCUT2D eigenvalue weighted by molar-refractivity contribution is 6.14. The monoisotopic (exact) mass is 462 g/mol. The Hall–Kier alpha value is -4.32. The third-order valence-corrected chi connectivity index (χ3v) is 6.48. The third-order valence-electron chi connectivity index (χ3n) is 6.48. The fourth-order valence-electron chi connectivity index (χ4n) is 4.58. The largest absolute Gasteiger partial charge is 0.322 e. The van der Waals surface area contributed by atoms with Crippen LogP contribution >= 0.6 is 0 Å². The number of rotatable bonds is 4. The first-order chi connectivity index (χ1) is 16.8. The van der Waals surface area contributed by atoms with E-state index in [4.69, 9.17) is 0 Å². The first-order valence-corrected chi connectivity index (χ1v) is 11.5. The molecule has 2 amide bonds. The number of hydrogen-bond donors (Lipinski definition) is 1. The maximum Gasteiger partial charge on any atom is 0.257 e. The summed E-state index contributed by atoms with van der Waals surface area (Å²) in [4.78, 5) is 37.3.